The number of hydrogen-bond donors (Lipinski definition) is 1. The fourth-order valence-corrected chi connectivity index (χ4v) is 1.71. The Morgan fingerprint density at radius 3 is 2.53 bits per heavy atom. The molecular weight excluding hydrogens is 244 g/mol. The summed E-state index contributed by atoms with van der Waals surface area (Å²) in [6, 6.07) is 10.9. The van der Waals surface area contributed by atoms with Crippen LogP contribution in [0.25, 0.3) is 5.69 Å². The van der Waals surface area contributed by atoms with E-state index in [0.29, 0.717) is 5.56 Å². The summed E-state index contributed by atoms with van der Waals surface area (Å²) >= 11 is 0. The van der Waals surface area contributed by atoms with Crippen LogP contribution in [0.1, 0.15) is 10.4 Å². The topological polar surface area (TPSA) is 60.3 Å². The predicted molar refractivity (Wildman–Crippen MR) is 70.1 cm³/mol. The van der Waals surface area contributed by atoms with Crippen LogP contribution in [0.4, 0.5) is 0 Å². The second kappa shape index (κ2) is 5.86. The van der Waals surface area contributed by atoms with Crippen molar-refractivity contribution in [2.24, 2.45) is 0 Å². The van der Waals surface area contributed by atoms with Crippen molar-refractivity contribution in [1.82, 2.24) is 9.88 Å². The van der Waals surface area contributed by atoms with Gasteiger partial charge in [0, 0.05) is 12.4 Å². The molecule has 1 heterocycles. The normalized spacial score (nSPS) is 9.95. The number of carbonyl (C=O) groups is 2. The van der Waals surface area contributed by atoms with Gasteiger partial charge in [0.1, 0.15) is 6.54 Å². The zero-order chi connectivity index (χ0) is 13.7. The van der Waals surface area contributed by atoms with Crippen LogP contribution in [-0.2, 0) is 9.53 Å². The van der Waals surface area contributed by atoms with Crippen molar-refractivity contribution in [3.8, 4) is 5.69 Å². The number of rotatable bonds is 4. The van der Waals surface area contributed by atoms with Gasteiger partial charge >= 0.3 is 5.97 Å². The van der Waals surface area contributed by atoms with Gasteiger partial charge in [0.2, 0.25) is 0 Å². The molecule has 0 saturated carbocycles. The Labute approximate surface area is 110 Å². The highest BCUT2D eigenvalue weighted by molar-refractivity contribution is 5.99. The monoisotopic (exact) mass is 258 g/mol. The molecule has 0 spiro atoms. The summed E-state index contributed by atoms with van der Waals surface area (Å²) in [5.41, 5.74) is 1.26. The highest BCUT2D eigenvalue weighted by atomic mass is 16.5. The fourth-order valence-electron chi connectivity index (χ4n) is 1.71. The van der Waals surface area contributed by atoms with Gasteiger partial charge in [-0.25, -0.2) is 0 Å². The first-order valence-corrected chi connectivity index (χ1v) is 5.80. The van der Waals surface area contributed by atoms with Crippen LogP contribution < -0.4 is 5.32 Å². The number of aromatic nitrogens is 1. The van der Waals surface area contributed by atoms with E-state index in [4.69, 9.17) is 0 Å². The van der Waals surface area contributed by atoms with E-state index in [1.807, 2.05) is 41.2 Å². The molecule has 0 fully saturated rings. The van der Waals surface area contributed by atoms with Gasteiger partial charge in [-0.3, -0.25) is 9.59 Å². The molecule has 1 aromatic heterocycles. The van der Waals surface area contributed by atoms with Crippen molar-refractivity contribution in [3.63, 3.8) is 0 Å². The van der Waals surface area contributed by atoms with Crippen molar-refractivity contribution in [2.75, 3.05) is 13.7 Å². The van der Waals surface area contributed by atoms with Gasteiger partial charge in [-0.15, -0.1) is 0 Å². The van der Waals surface area contributed by atoms with Gasteiger partial charge in [0.25, 0.3) is 5.91 Å². The van der Waals surface area contributed by atoms with E-state index in [1.54, 1.807) is 12.1 Å². The summed E-state index contributed by atoms with van der Waals surface area (Å²) in [6.07, 6.45) is 3.71. The molecule has 5 heteroatoms. The van der Waals surface area contributed by atoms with Crippen molar-refractivity contribution >= 4 is 11.9 Å². The Hall–Kier alpha value is -2.56. The summed E-state index contributed by atoms with van der Waals surface area (Å²) in [7, 11) is 1.28. The Balaban J connectivity index is 2.20. The van der Waals surface area contributed by atoms with Gasteiger partial charge in [0.05, 0.1) is 18.4 Å². The number of benzene rings is 1. The van der Waals surface area contributed by atoms with E-state index < -0.39 is 5.97 Å². The van der Waals surface area contributed by atoms with Crippen LogP contribution in [-0.4, -0.2) is 30.1 Å². The zero-order valence-electron chi connectivity index (χ0n) is 10.5. The van der Waals surface area contributed by atoms with E-state index in [9.17, 15) is 9.59 Å². The Bertz CT molecular complexity index is 576. The first-order valence-electron chi connectivity index (χ1n) is 5.80. The quantitative estimate of drug-likeness (QED) is 0.843. The molecule has 0 aliphatic carbocycles. The number of para-hydroxylation sites is 1. The average Bonchev–Trinajstić information content (AvgIpc) is 2.98. The molecular formula is C14H14N2O3. The second-order valence-corrected chi connectivity index (χ2v) is 3.87. The molecule has 0 saturated heterocycles. The van der Waals surface area contributed by atoms with Gasteiger partial charge in [0.15, 0.2) is 0 Å². The lowest BCUT2D eigenvalue weighted by molar-refractivity contribution is -0.139. The van der Waals surface area contributed by atoms with Crippen molar-refractivity contribution in [2.45, 2.75) is 0 Å². The molecule has 0 aliphatic heterocycles. The summed E-state index contributed by atoms with van der Waals surface area (Å²) in [6.45, 7) is -0.144. The second-order valence-electron chi connectivity index (χ2n) is 3.87. The Morgan fingerprint density at radius 2 is 1.84 bits per heavy atom. The SMILES string of the molecule is COC(=O)CNC(=O)c1ccccc1-n1cccc1. The predicted octanol–water partition coefficient (Wildman–Crippen LogP) is 1.38. The summed E-state index contributed by atoms with van der Waals surface area (Å²) < 4.78 is 6.32. The highest BCUT2D eigenvalue weighted by Crippen LogP contribution is 2.14. The minimum atomic E-state index is -0.480. The van der Waals surface area contributed by atoms with E-state index in [-0.39, 0.29) is 12.5 Å². The summed E-state index contributed by atoms with van der Waals surface area (Å²) in [4.78, 5) is 23.1. The molecule has 98 valence electrons. The smallest absolute Gasteiger partial charge is 0.325 e. The highest BCUT2D eigenvalue weighted by Gasteiger charge is 2.12. The van der Waals surface area contributed by atoms with Gasteiger partial charge in [-0.2, -0.15) is 0 Å². The van der Waals surface area contributed by atoms with Gasteiger partial charge in [-0.05, 0) is 24.3 Å². The van der Waals surface area contributed by atoms with Crippen molar-refractivity contribution < 1.29 is 14.3 Å². The molecule has 2 aromatic rings. The Kier molecular flexibility index (Phi) is 3.97. The fraction of sp³-hybridized carbons (Fsp3) is 0.143. The molecule has 0 aliphatic rings. The number of esters is 1. The molecule has 0 unspecified atom stereocenters. The molecule has 0 atom stereocenters. The minimum Gasteiger partial charge on any atom is -0.468 e. The molecule has 0 radical (unpaired) electrons. The lowest BCUT2D eigenvalue weighted by Crippen LogP contribution is -2.30. The van der Waals surface area contributed by atoms with E-state index in [0.717, 1.165) is 5.69 Å². The van der Waals surface area contributed by atoms with Crippen LogP contribution in [0.3, 0.4) is 0 Å². The van der Waals surface area contributed by atoms with Crippen LogP contribution >= 0.6 is 0 Å². The molecule has 5 nitrogen and oxygen atoms in total. The Morgan fingerprint density at radius 1 is 1.16 bits per heavy atom. The first kappa shape index (κ1) is 12.9. The maximum Gasteiger partial charge on any atom is 0.325 e. The molecule has 1 aromatic carbocycles. The van der Waals surface area contributed by atoms with E-state index in [1.165, 1.54) is 7.11 Å². The number of ether oxygens (including phenoxy) is 1. The third-order valence-corrected chi connectivity index (χ3v) is 2.65. The first-order chi connectivity index (χ1) is 9.22. The van der Waals surface area contributed by atoms with E-state index >= 15 is 0 Å². The summed E-state index contributed by atoms with van der Waals surface area (Å²) in [5, 5.41) is 2.53. The molecule has 1 amide bonds. The standard InChI is InChI=1S/C14H14N2O3/c1-19-13(17)10-15-14(18)11-6-2-3-7-12(11)16-8-4-5-9-16/h2-9H,10H2,1H3,(H,15,18). The maximum atomic E-state index is 12.0. The number of nitrogens with one attached hydrogen (secondary N) is 1. The molecule has 0 bridgehead atoms. The molecule has 19 heavy (non-hydrogen) atoms. The van der Waals surface area contributed by atoms with Crippen LogP contribution in [0, 0.1) is 0 Å². The number of methoxy groups -OCH3 is 1. The van der Waals surface area contributed by atoms with Gasteiger partial charge < -0.3 is 14.6 Å². The molecule has 2 rings (SSSR count). The minimum absolute atomic E-state index is 0.144. The maximum absolute atomic E-state index is 12.0. The third-order valence-electron chi connectivity index (χ3n) is 2.65. The largest absolute Gasteiger partial charge is 0.468 e. The van der Waals surface area contributed by atoms with Gasteiger partial charge in [-0.1, -0.05) is 12.1 Å². The van der Waals surface area contributed by atoms with Crippen LogP contribution in [0.15, 0.2) is 48.8 Å². The lowest BCUT2D eigenvalue weighted by Gasteiger charge is -2.10. The number of nitrogens with zero attached hydrogens (tertiary/aromatic N) is 1. The van der Waals surface area contributed by atoms with E-state index in [2.05, 4.69) is 10.1 Å². The lowest BCUT2D eigenvalue weighted by atomic mass is 10.1. The average molecular weight is 258 g/mol. The van der Waals surface area contributed by atoms with Crippen molar-refractivity contribution in [3.05, 3.63) is 54.4 Å². The van der Waals surface area contributed by atoms with Crippen molar-refractivity contribution in [1.29, 1.82) is 0 Å². The number of carbonyl (C=O) groups excluding carboxylic acids is 2. The molecule has 1 N–H and O–H groups in total. The number of amides is 1. The zero-order valence-corrected chi connectivity index (χ0v) is 10.5. The van der Waals surface area contributed by atoms with Crippen LogP contribution in [0.2, 0.25) is 0 Å². The third kappa shape index (κ3) is 3.01. The van der Waals surface area contributed by atoms with Crippen LogP contribution in [0.5, 0.6) is 0 Å². The number of hydrogen-bond acceptors (Lipinski definition) is 3. The summed E-state index contributed by atoms with van der Waals surface area (Å²) in [5.74, 6) is -0.790.